The van der Waals surface area contributed by atoms with Crippen LogP contribution in [0, 0.1) is 0 Å². The molecule has 0 N–H and O–H groups in total. The van der Waals surface area contributed by atoms with Crippen LogP contribution in [0.4, 0.5) is 4.79 Å². The maximum absolute atomic E-state index is 10.9. The summed E-state index contributed by atoms with van der Waals surface area (Å²) in [5, 5.41) is 1.38. The van der Waals surface area contributed by atoms with E-state index in [2.05, 4.69) is 5.43 Å². The number of carbonyl (C=O) groups is 1. The van der Waals surface area contributed by atoms with Crippen LogP contribution in [0.25, 0.3) is 0 Å². The van der Waals surface area contributed by atoms with Gasteiger partial charge in [0, 0.05) is 13.1 Å². The fourth-order valence-electron chi connectivity index (χ4n) is 0.830. The zero-order valence-electron chi connectivity index (χ0n) is 6.04. The standard InChI is InChI=1S/C6H11N2O2/c1-2-10-6(9)8-5-3-4-7-8/h2-5H2,1H3. The highest BCUT2D eigenvalue weighted by Crippen LogP contribution is 2.00. The van der Waals surface area contributed by atoms with Crippen molar-refractivity contribution in [2.45, 2.75) is 13.3 Å². The van der Waals surface area contributed by atoms with Crippen LogP contribution < -0.4 is 5.43 Å². The Bertz CT molecular complexity index is 121. The van der Waals surface area contributed by atoms with Crippen molar-refractivity contribution in [3.63, 3.8) is 0 Å². The Morgan fingerprint density at radius 3 is 3.10 bits per heavy atom. The van der Waals surface area contributed by atoms with Gasteiger partial charge in [0.25, 0.3) is 0 Å². The van der Waals surface area contributed by atoms with Gasteiger partial charge < -0.3 is 4.74 Å². The first kappa shape index (κ1) is 7.34. The minimum absolute atomic E-state index is 0.319. The average Bonchev–Trinajstić information content (AvgIpc) is 2.38. The van der Waals surface area contributed by atoms with Crippen LogP contribution in [-0.4, -0.2) is 30.8 Å². The summed E-state index contributed by atoms with van der Waals surface area (Å²) in [6.45, 7) is 3.66. The molecule has 0 aromatic carbocycles. The van der Waals surface area contributed by atoms with E-state index in [0.717, 1.165) is 13.0 Å². The summed E-state index contributed by atoms with van der Waals surface area (Å²) in [7, 11) is 0. The largest absolute Gasteiger partial charge is 0.449 e. The molecule has 1 aliphatic rings. The Kier molecular flexibility index (Phi) is 2.50. The molecule has 1 rings (SSSR count). The molecule has 10 heavy (non-hydrogen) atoms. The Labute approximate surface area is 60.1 Å². The minimum atomic E-state index is -0.319. The van der Waals surface area contributed by atoms with Crippen LogP contribution in [0.1, 0.15) is 13.3 Å². The second-order valence-corrected chi connectivity index (χ2v) is 2.04. The Morgan fingerprint density at radius 1 is 1.80 bits per heavy atom. The molecule has 0 bridgehead atoms. The second-order valence-electron chi connectivity index (χ2n) is 2.04. The van der Waals surface area contributed by atoms with Crippen LogP contribution in [0.3, 0.4) is 0 Å². The molecule has 1 radical (unpaired) electrons. The van der Waals surface area contributed by atoms with Crippen molar-refractivity contribution in [3.8, 4) is 0 Å². The number of nitrogens with zero attached hydrogens (tertiary/aromatic N) is 2. The first-order chi connectivity index (χ1) is 4.84. The number of carbonyl (C=O) groups excluding carboxylic acids is 1. The molecule has 1 fully saturated rings. The highest BCUT2D eigenvalue weighted by molar-refractivity contribution is 5.67. The number of ether oxygens (including phenoxy) is 1. The molecule has 0 saturated carbocycles. The molecule has 4 heteroatoms. The second kappa shape index (κ2) is 3.41. The lowest BCUT2D eigenvalue weighted by atomic mass is 10.5. The molecule has 57 valence electrons. The summed E-state index contributed by atoms with van der Waals surface area (Å²) in [6, 6.07) is 0. The molecule has 0 aromatic heterocycles. The van der Waals surface area contributed by atoms with Crippen molar-refractivity contribution in [2.75, 3.05) is 19.7 Å². The van der Waals surface area contributed by atoms with Crippen molar-refractivity contribution >= 4 is 6.09 Å². The van der Waals surface area contributed by atoms with E-state index in [1.165, 1.54) is 5.01 Å². The highest BCUT2D eigenvalue weighted by atomic mass is 16.6. The summed E-state index contributed by atoms with van der Waals surface area (Å²) >= 11 is 0. The summed E-state index contributed by atoms with van der Waals surface area (Å²) in [5.74, 6) is 0. The molecule has 1 saturated heterocycles. The summed E-state index contributed by atoms with van der Waals surface area (Å²) < 4.78 is 4.72. The average molecular weight is 143 g/mol. The van der Waals surface area contributed by atoms with E-state index in [4.69, 9.17) is 4.74 Å². The van der Waals surface area contributed by atoms with Crippen molar-refractivity contribution < 1.29 is 9.53 Å². The maximum Gasteiger partial charge on any atom is 0.425 e. The van der Waals surface area contributed by atoms with E-state index < -0.39 is 0 Å². The smallest absolute Gasteiger partial charge is 0.425 e. The summed E-state index contributed by atoms with van der Waals surface area (Å²) in [4.78, 5) is 10.9. The molecule has 0 unspecified atom stereocenters. The highest BCUT2D eigenvalue weighted by Gasteiger charge is 2.19. The van der Waals surface area contributed by atoms with E-state index in [0.29, 0.717) is 13.2 Å². The first-order valence-corrected chi connectivity index (χ1v) is 3.46. The third-order valence-corrected chi connectivity index (χ3v) is 1.28. The maximum atomic E-state index is 10.9. The van der Waals surface area contributed by atoms with Crippen molar-refractivity contribution in [3.05, 3.63) is 0 Å². The lowest BCUT2D eigenvalue weighted by Crippen LogP contribution is -2.32. The first-order valence-electron chi connectivity index (χ1n) is 3.46. The van der Waals surface area contributed by atoms with E-state index in [9.17, 15) is 4.79 Å². The van der Waals surface area contributed by atoms with Gasteiger partial charge >= 0.3 is 6.09 Å². The van der Waals surface area contributed by atoms with Gasteiger partial charge in [-0.15, -0.1) is 5.43 Å². The van der Waals surface area contributed by atoms with Crippen molar-refractivity contribution in [2.24, 2.45) is 0 Å². The molecule has 1 aliphatic heterocycles. The molecule has 4 nitrogen and oxygen atoms in total. The molecular weight excluding hydrogens is 132 g/mol. The van der Waals surface area contributed by atoms with Crippen molar-refractivity contribution in [1.82, 2.24) is 10.4 Å². The topological polar surface area (TPSA) is 43.6 Å². The number of hydrogen-bond donors (Lipinski definition) is 0. The van der Waals surface area contributed by atoms with Crippen LogP contribution >= 0.6 is 0 Å². The predicted octanol–water partition coefficient (Wildman–Crippen LogP) is 0.368. The summed E-state index contributed by atoms with van der Waals surface area (Å²) in [6.07, 6.45) is 0.638. The van der Waals surface area contributed by atoms with Crippen LogP contribution in [-0.2, 0) is 4.74 Å². The monoisotopic (exact) mass is 143 g/mol. The quantitative estimate of drug-likeness (QED) is 0.532. The van der Waals surface area contributed by atoms with Gasteiger partial charge in [-0.3, -0.25) is 0 Å². The zero-order chi connectivity index (χ0) is 7.40. The molecular formula is C6H11N2O2. The van der Waals surface area contributed by atoms with Gasteiger partial charge in [-0.05, 0) is 13.3 Å². The lowest BCUT2D eigenvalue weighted by molar-refractivity contribution is 0.0993. The number of rotatable bonds is 1. The SMILES string of the molecule is CCOC(=O)N1CCC[N]1. The molecule has 0 spiro atoms. The van der Waals surface area contributed by atoms with Gasteiger partial charge in [0.2, 0.25) is 0 Å². The third-order valence-electron chi connectivity index (χ3n) is 1.28. The normalized spacial score (nSPS) is 17.5. The number of hydrogen-bond acceptors (Lipinski definition) is 2. The molecule has 0 aromatic rings. The van der Waals surface area contributed by atoms with Crippen LogP contribution in [0.15, 0.2) is 0 Å². The Morgan fingerprint density at radius 2 is 2.60 bits per heavy atom. The fourth-order valence-corrected chi connectivity index (χ4v) is 0.830. The third kappa shape index (κ3) is 1.60. The molecule has 0 aliphatic carbocycles. The molecule has 1 heterocycles. The van der Waals surface area contributed by atoms with E-state index in [-0.39, 0.29) is 6.09 Å². The van der Waals surface area contributed by atoms with E-state index in [1.807, 2.05) is 0 Å². The van der Waals surface area contributed by atoms with Crippen LogP contribution in [0.5, 0.6) is 0 Å². The van der Waals surface area contributed by atoms with Gasteiger partial charge in [-0.25, -0.2) is 9.80 Å². The Hall–Kier alpha value is -0.770. The van der Waals surface area contributed by atoms with E-state index in [1.54, 1.807) is 6.92 Å². The van der Waals surface area contributed by atoms with Gasteiger partial charge in [0.1, 0.15) is 0 Å². The van der Waals surface area contributed by atoms with Gasteiger partial charge in [-0.1, -0.05) is 0 Å². The minimum Gasteiger partial charge on any atom is -0.449 e. The number of amides is 1. The van der Waals surface area contributed by atoms with Crippen molar-refractivity contribution in [1.29, 1.82) is 0 Å². The molecule has 1 amide bonds. The van der Waals surface area contributed by atoms with E-state index >= 15 is 0 Å². The molecule has 0 atom stereocenters. The Balaban J connectivity index is 2.25. The summed E-state index contributed by atoms with van der Waals surface area (Å²) in [5.41, 5.74) is 3.91. The van der Waals surface area contributed by atoms with Gasteiger partial charge in [-0.2, -0.15) is 0 Å². The zero-order valence-corrected chi connectivity index (χ0v) is 6.04. The lowest BCUT2D eigenvalue weighted by Gasteiger charge is -2.11. The fraction of sp³-hybridized carbons (Fsp3) is 0.833. The predicted molar refractivity (Wildman–Crippen MR) is 35.3 cm³/mol. The van der Waals surface area contributed by atoms with Gasteiger partial charge in [0.05, 0.1) is 6.61 Å². The van der Waals surface area contributed by atoms with Gasteiger partial charge in [0.15, 0.2) is 0 Å². The van der Waals surface area contributed by atoms with Crippen LogP contribution in [0.2, 0.25) is 0 Å².